The van der Waals surface area contributed by atoms with Crippen LogP contribution >= 0.6 is 0 Å². The fourth-order valence-electron chi connectivity index (χ4n) is 1.95. The van der Waals surface area contributed by atoms with E-state index in [1.807, 2.05) is 24.3 Å². The van der Waals surface area contributed by atoms with E-state index < -0.39 is 5.97 Å². The van der Waals surface area contributed by atoms with Crippen LogP contribution in [0.4, 0.5) is 0 Å². The van der Waals surface area contributed by atoms with Crippen molar-refractivity contribution >= 4 is 5.97 Å². The molecule has 0 heterocycles. The molecule has 0 amide bonds. The van der Waals surface area contributed by atoms with Gasteiger partial charge in [-0.15, -0.1) is 0 Å². The van der Waals surface area contributed by atoms with E-state index in [9.17, 15) is 4.79 Å². The minimum atomic E-state index is -0.467. The van der Waals surface area contributed by atoms with E-state index in [1.165, 1.54) is 5.56 Å². The standard InChI is InChI=1S/C20H18O2/c1-3-5-16-6-8-17(9-7-16)10-11-18-12-14-19(15-13-18)22-20(21)4-2/h4,6-9,12-15H,2-3,5H2,1H3. The first-order chi connectivity index (χ1) is 10.7. The Balaban J connectivity index is 2.04. The molecule has 0 spiro atoms. The van der Waals surface area contributed by atoms with Gasteiger partial charge in [-0.25, -0.2) is 4.79 Å². The first-order valence-electron chi connectivity index (χ1n) is 7.26. The average molecular weight is 290 g/mol. The van der Waals surface area contributed by atoms with Crippen molar-refractivity contribution in [2.45, 2.75) is 19.8 Å². The maximum Gasteiger partial charge on any atom is 0.335 e. The van der Waals surface area contributed by atoms with Gasteiger partial charge in [0.25, 0.3) is 0 Å². The summed E-state index contributed by atoms with van der Waals surface area (Å²) >= 11 is 0. The highest BCUT2D eigenvalue weighted by Crippen LogP contribution is 2.12. The van der Waals surface area contributed by atoms with Crippen LogP contribution in [-0.4, -0.2) is 5.97 Å². The largest absolute Gasteiger partial charge is 0.423 e. The molecular formula is C20H18O2. The monoisotopic (exact) mass is 290 g/mol. The molecule has 22 heavy (non-hydrogen) atoms. The average Bonchev–Trinajstić information content (AvgIpc) is 2.56. The molecule has 0 aliphatic heterocycles. The first kappa shape index (κ1) is 15.6. The molecule has 2 aromatic rings. The zero-order valence-corrected chi connectivity index (χ0v) is 12.6. The van der Waals surface area contributed by atoms with Crippen molar-refractivity contribution in [3.8, 4) is 17.6 Å². The molecule has 0 saturated heterocycles. The molecule has 0 unspecified atom stereocenters. The van der Waals surface area contributed by atoms with Crippen LogP contribution in [0.3, 0.4) is 0 Å². The van der Waals surface area contributed by atoms with Crippen LogP contribution in [0.5, 0.6) is 5.75 Å². The molecule has 0 fully saturated rings. The van der Waals surface area contributed by atoms with Gasteiger partial charge in [0, 0.05) is 17.2 Å². The summed E-state index contributed by atoms with van der Waals surface area (Å²) in [7, 11) is 0. The van der Waals surface area contributed by atoms with Gasteiger partial charge in [-0.05, 0) is 48.4 Å². The number of hydrogen-bond acceptors (Lipinski definition) is 2. The quantitative estimate of drug-likeness (QED) is 0.366. The van der Waals surface area contributed by atoms with Gasteiger partial charge < -0.3 is 4.74 Å². The number of rotatable bonds is 4. The molecule has 0 aromatic heterocycles. The lowest BCUT2D eigenvalue weighted by atomic mass is 10.1. The lowest BCUT2D eigenvalue weighted by molar-refractivity contribution is -0.128. The molecule has 2 aromatic carbocycles. The van der Waals surface area contributed by atoms with Crippen molar-refractivity contribution in [3.05, 3.63) is 77.9 Å². The maximum atomic E-state index is 11.1. The maximum absolute atomic E-state index is 11.1. The summed E-state index contributed by atoms with van der Waals surface area (Å²) in [5, 5.41) is 0. The Morgan fingerprint density at radius 3 is 2.09 bits per heavy atom. The Morgan fingerprint density at radius 1 is 1.05 bits per heavy atom. The van der Waals surface area contributed by atoms with Gasteiger partial charge in [-0.2, -0.15) is 0 Å². The summed E-state index contributed by atoms with van der Waals surface area (Å²) in [6, 6.07) is 15.4. The molecule has 0 aliphatic carbocycles. The minimum Gasteiger partial charge on any atom is -0.423 e. The third-order valence-electron chi connectivity index (χ3n) is 3.08. The molecule has 0 saturated carbocycles. The fourth-order valence-corrected chi connectivity index (χ4v) is 1.95. The molecule has 2 nitrogen and oxygen atoms in total. The van der Waals surface area contributed by atoms with Crippen molar-refractivity contribution in [1.29, 1.82) is 0 Å². The number of carbonyl (C=O) groups is 1. The van der Waals surface area contributed by atoms with E-state index >= 15 is 0 Å². The van der Waals surface area contributed by atoms with E-state index in [2.05, 4.69) is 37.5 Å². The van der Waals surface area contributed by atoms with Crippen LogP contribution in [0.15, 0.2) is 61.2 Å². The normalized spacial score (nSPS) is 9.50. The predicted molar refractivity (Wildman–Crippen MR) is 88.7 cm³/mol. The molecule has 2 rings (SSSR count). The lowest BCUT2D eigenvalue weighted by Crippen LogP contribution is -2.02. The van der Waals surface area contributed by atoms with Gasteiger partial charge in [-0.3, -0.25) is 0 Å². The number of esters is 1. The van der Waals surface area contributed by atoms with Crippen LogP contribution in [0.1, 0.15) is 30.0 Å². The van der Waals surface area contributed by atoms with Crippen LogP contribution < -0.4 is 4.74 Å². The second kappa shape index (κ2) is 7.85. The Labute approximate surface area is 131 Å². The molecule has 0 bridgehead atoms. The molecule has 0 radical (unpaired) electrons. The fraction of sp³-hybridized carbons (Fsp3) is 0.150. The molecule has 110 valence electrons. The van der Waals surface area contributed by atoms with E-state index in [-0.39, 0.29) is 0 Å². The zero-order chi connectivity index (χ0) is 15.8. The van der Waals surface area contributed by atoms with E-state index in [0.717, 1.165) is 30.0 Å². The topological polar surface area (TPSA) is 26.3 Å². The Bertz CT molecular complexity index is 698. The highest BCUT2D eigenvalue weighted by atomic mass is 16.5. The zero-order valence-electron chi connectivity index (χ0n) is 12.6. The Kier molecular flexibility index (Phi) is 5.57. The van der Waals surface area contributed by atoms with Crippen LogP contribution in [0.25, 0.3) is 0 Å². The third kappa shape index (κ3) is 4.64. The van der Waals surface area contributed by atoms with Gasteiger partial charge >= 0.3 is 5.97 Å². The van der Waals surface area contributed by atoms with Crippen LogP contribution in [0, 0.1) is 11.8 Å². The number of benzene rings is 2. The van der Waals surface area contributed by atoms with Crippen molar-refractivity contribution < 1.29 is 9.53 Å². The Morgan fingerprint density at radius 2 is 1.59 bits per heavy atom. The third-order valence-corrected chi connectivity index (χ3v) is 3.08. The number of hydrogen-bond donors (Lipinski definition) is 0. The number of aryl methyl sites for hydroxylation is 1. The number of carbonyl (C=O) groups excluding carboxylic acids is 1. The molecular weight excluding hydrogens is 272 g/mol. The van der Waals surface area contributed by atoms with Gasteiger partial charge in [0.15, 0.2) is 0 Å². The second-order valence-electron chi connectivity index (χ2n) is 4.85. The smallest absolute Gasteiger partial charge is 0.335 e. The second-order valence-corrected chi connectivity index (χ2v) is 4.85. The highest BCUT2D eigenvalue weighted by Gasteiger charge is 1.98. The van der Waals surface area contributed by atoms with E-state index in [0.29, 0.717) is 5.75 Å². The summed E-state index contributed by atoms with van der Waals surface area (Å²) in [5.74, 6) is 6.24. The molecule has 0 aliphatic rings. The summed E-state index contributed by atoms with van der Waals surface area (Å²) in [6.07, 6.45) is 3.38. The van der Waals surface area contributed by atoms with Gasteiger partial charge in [0.05, 0.1) is 0 Å². The highest BCUT2D eigenvalue weighted by molar-refractivity contribution is 5.83. The first-order valence-corrected chi connectivity index (χ1v) is 7.26. The van der Waals surface area contributed by atoms with Crippen molar-refractivity contribution in [1.82, 2.24) is 0 Å². The van der Waals surface area contributed by atoms with Gasteiger partial charge in [0.2, 0.25) is 0 Å². The van der Waals surface area contributed by atoms with Crippen molar-refractivity contribution in [2.75, 3.05) is 0 Å². The summed E-state index contributed by atoms with van der Waals surface area (Å²) in [6.45, 7) is 5.53. The predicted octanol–water partition coefficient (Wildman–Crippen LogP) is 4.13. The Hall–Kier alpha value is -2.79. The lowest BCUT2D eigenvalue weighted by Gasteiger charge is -2.00. The summed E-state index contributed by atoms with van der Waals surface area (Å²) < 4.78 is 5.01. The van der Waals surface area contributed by atoms with Gasteiger partial charge in [0.1, 0.15) is 5.75 Å². The van der Waals surface area contributed by atoms with Crippen LogP contribution in [0.2, 0.25) is 0 Å². The number of ether oxygens (including phenoxy) is 1. The van der Waals surface area contributed by atoms with Crippen molar-refractivity contribution in [2.24, 2.45) is 0 Å². The van der Waals surface area contributed by atoms with Crippen molar-refractivity contribution in [3.63, 3.8) is 0 Å². The summed E-state index contributed by atoms with van der Waals surface area (Å²) in [5.41, 5.74) is 3.19. The van der Waals surface area contributed by atoms with E-state index in [1.54, 1.807) is 12.1 Å². The minimum absolute atomic E-state index is 0.467. The SMILES string of the molecule is C=CC(=O)Oc1ccc(C#Cc2ccc(CCC)cc2)cc1. The molecule has 2 heteroatoms. The van der Waals surface area contributed by atoms with Gasteiger partial charge in [-0.1, -0.05) is 43.9 Å². The molecule has 0 N–H and O–H groups in total. The molecule has 0 atom stereocenters. The van der Waals surface area contributed by atoms with E-state index in [4.69, 9.17) is 4.74 Å². The summed E-state index contributed by atoms with van der Waals surface area (Å²) in [4.78, 5) is 11.1. The van der Waals surface area contributed by atoms with Crippen LogP contribution in [-0.2, 0) is 11.2 Å².